The summed E-state index contributed by atoms with van der Waals surface area (Å²) in [4.78, 5) is 4.43. The van der Waals surface area contributed by atoms with E-state index in [-0.39, 0.29) is 0 Å². The van der Waals surface area contributed by atoms with Crippen molar-refractivity contribution < 1.29 is 0 Å². The van der Waals surface area contributed by atoms with Gasteiger partial charge in [0.2, 0.25) is 0 Å². The highest BCUT2D eigenvalue weighted by Crippen LogP contribution is 2.14. The Labute approximate surface area is 80.4 Å². The van der Waals surface area contributed by atoms with E-state index in [9.17, 15) is 0 Å². The molecule has 1 aromatic rings. The summed E-state index contributed by atoms with van der Waals surface area (Å²) >= 11 is 0. The minimum atomic E-state index is 0.352. The van der Waals surface area contributed by atoms with Gasteiger partial charge in [0.05, 0.1) is 5.69 Å². The van der Waals surface area contributed by atoms with Crippen LogP contribution in [0.5, 0.6) is 0 Å². The van der Waals surface area contributed by atoms with Crippen LogP contribution in [-0.2, 0) is 0 Å². The number of hydrogen-bond donors (Lipinski definition) is 1. The molecule has 0 fully saturated rings. The molecule has 0 spiro atoms. The highest BCUT2D eigenvalue weighted by atomic mass is 14.9. The van der Waals surface area contributed by atoms with E-state index in [1.807, 2.05) is 6.20 Å². The van der Waals surface area contributed by atoms with Crippen LogP contribution in [0.25, 0.3) is 0 Å². The first-order chi connectivity index (χ1) is 6.15. The SMILES string of the molecule is CCNC(C)c1ncc(C)cc1C. The van der Waals surface area contributed by atoms with Gasteiger partial charge in [-0.25, -0.2) is 0 Å². The van der Waals surface area contributed by atoms with Crippen LogP contribution in [0.1, 0.15) is 36.7 Å². The molecule has 0 aliphatic carbocycles. The van der Waals surface area contributed by atoms with E-state index in [1.54, 1.807) is 0 Å². The van der Waals surface area contributed by atoms with Gasteiger partial charge >= 0.3 is 0 Å². The van der Waals surface area contributed by atoms with Gasteiger partial charge in [0.1, 0.15) is 0 Å². The van der Waals surface area contributed by atoms with Crippen molar-refractivity contribution >= 4 is 0 Å². The highest BCUT2D eigenvalue weighted by molar-refractivity contribution is 5.25. The van der Waals surface area contributed by atoms with Crippen molar-refractivity contribution in [3.05, 3.63) is 29.1 Å². The lowest BCUT2D eigenvalue weighted by molar-refractivity contribution is 0.580. The van der Waals surface area contributed by atoms with Gasteiger partial charge < -0.3 is 5.32 Å². The van der Waals surface area contributed by atoms with Gasteiger partial charge in [-0.3, -0.25) is 4.98 Å². The number of nitrogens with zero attached hydrogens (tertiary/aromatic N) is 1. The predicted molar refractivity (Wildman–Crippen MR) is 55.8 cm³/mol. The third-order valence-corrected chi connectivity index (χ3v) is 2.18. The average Bonchev–Trinajstić information content (AvgIpc) is 2.04. The van der Waals surface area contributed by atoms with Crippen LogP contribution in [0.2, 0.25) is 0 Å². The maximum atomic E-state index is 4.43. The average molecular weight is 178 g/mol. The second-order valence-electron chi connectivity index (χ2n) is 3.49. The minimum absolute atomic E-state index is 0.352. The van der Waals surface area contributed by atoms with Crippen molar-refractivity contribution in [2.75, 3.05) is 6.54 Å². The first-order valence-electron chi connectivity index (χ1n) is 4.81. The maximum Gasteiger partial charge on any atom is 0.0599 e. The molecule has 1 N–H and O–H groups in total. The van der Waals surface area contributed by atoms with Gasteiger partial charge in [0, 0.05) is 12.2 Å². The largest absolute Gasteiger partial charge is 0.309 e. The fraction of sp³-hybridized carbons (Fsp3) is 0.545. The molecule has 0 aliphatic heterocycles. The van der Waals surface area contributed by atoms with Crippen LogP contribution in [0.15, 0.2) is 12.3 Å². The van der Waals surface area contributed by atoms with Crippen molar-refractivity contribution in [1.82, 2.24) is 10.3 Å². The quantitative estimate of drug-likeness (QED) is 0.768. The number of rotatable bonds is 3. The van der Waals surface area contributed by atoms with E-state index < -0.39 is 0 Å². The summed E-state index contributed by atoms with van der Waals surface area (Å²) in [6.07, 6.45) is 1.93. The maximum absolute atomic E-state index is 4.43. The summed E-state index contributed by atoms with van der Waals surface area (Å²) in [6, 6.07) is 2.53. The monoisotopic (exact) mass is 178 g/mol. The van der Waals surface area contributed by atoms with Gasteiger partial charge in [-0.2, -0.15) is 0 Å². The normalized spacial score (nSPS) is 12.9. The Morgan fingerprint density at radius 2 is 2.15 bits per heavy atom. The zero-order valence-electron chi connectivity index (χ0n) is 8.89. The number of nitrogens with one attached hydrogen (secondary N) is 1. The molecule has 13 heavy (non-hydrogen) atoms. The fourth-order valence-corrected chi connectivity index (χ4v) is 1.58. The van der Waals surface area contributed by atoms with E-state index in [2.05, 4.69) is 44.1 Å². The second kappa shape index (κ2) is 4.38. The van der Waals surface area contributed by atoms with E-state index in [4.69, 9.17) is 0 Å². The van der Waals surface area contributed by atoms with Gasteiger partial charge in [-0.05, 0) is 38.4 Å². The molecule has 1 heterocycles. The number of aryl methyl sites for hydroxylation is 2. The molecule has 72 valence electrons. The Morgan fingerprint density at radius 3 is 2.69 bits per heavy atom. The summed E-state index contributed by atoms with van der Waals surface area (Å²) in [5.74, 6) is 0. The molecular formula is C11H18N2. The highest BCUT2D eigenvalue weighted by Gasteiger charge is 2.07. The first kappa shape index (κ1) is 10.2. The van der Waals surface area contributed by atoms with Gasteiger partial charge in [-0.15, -0.1) is 0 Å². The van der Waals surface area contributed by atoms with Crippen LogP contribution in [0, 0.1) is 13.8 Å². The molecule has 0 aromatic carbocycles. The second-order valence-corrected chi connectivity index (χ2v) is 3.49. The molecule has 0 aliphatic rings. The lowest BCUT2D eigenvalue weighted by Crippen LogP contribution is -2.19. The lowest BCUT2D eigenvalue weighted by Gasteiger charge is -2.14. The van der Waals surface area contributed by atoms with Crippen LogP contribution in [-0.4, -0.2) is 11.5 Å². The van der Waals surface area contributed by atoms with Crippen LogP contribution in [0.3, 0.4) is 0 Å². The number of hydrogen-bond acceptors (Lipinski definition) is 2. The lowest BCUT2D eigenvalue weighted by atomic mass is 10.1. The third-order valence-electron chi connectivity index (χ3n) is 2.18. The zero-order chi connectivity index (χ0) is 9.84. The van der Waals surface area contributed by atoms with E-state index in [1.165, 1.54) is 11.1 Å². The van der Waals surface area contributed by atoms with Crippen LogP contribution >= 0.6 is 0 Å². The Kier molecular flexibility index (Phi) is 3.43. The van der Waals surface area contributed by atoms with Gasteiger partial charge in [-0.1, -0.05) is 13.0 Å². The summed E-state index contributed by atoms with van der Waals surface area (Å²) in [7, 11) is 0. The van der Waals surface area contributed by atoms with Crippen molar-refractivity contribution in [3.63, 3.8) is 0 Å². The molecule has 0 bridgehead atoms. The molecule has 1 rings (SSSR count). The zero-order valence-corrected chi connectivity index (χ0v) is 8.89. The van der Waals surface area contributed by atoms with Crippen molar-refractivity contribution in [2.45, 2.75) is 33.7 Å². The molecule has 1 atom stereocenters. The molecule has 1 unspecified atom stereocenters. The third kappa shape index (κ3) is 2.52. The topological polar surface area (TPSA) is 24.9 Å². The van der Waals surface area contributed by atoms with Crippen LogP contribution in [0.4, 0.5) is 0 Å². The summed E-state index contributed by atoms with van der Waals surface area (Å²) in [6.45, 7) is 9.43. The molecule has 2 nitrogen and oxygen atoms in total. The molecule has 0 saturated carbocycles. The van der Waals surface area contributed by atoms with E-state index >= 15 is 0 Å². The Bertz CT molecular complexity index is 281. The smallest absolute Gasteiger partial charge is 0.0599 e. The minimum Gasteiger partial charge on any atom is -0.309 e. The molecule has 0 saturated heterocycles. The van der Waals surface area contributed by atoms with Crippen LogP contribution < -0.4 is 5.32 Å². The number of pyridine rings is 1. The Hall–Kier alpha value is -0.890. The van der Waals surface area contributed by atoms with E-state index in [0.717, 1.165) is 12.2 Å². The molecule has 0 radical (unpaired) electrons. The summed E-state index contributed by atoms with van der Waals surface area (Å²) < 4.78 is 0. The van der Waals surface area contributed by atoms with Gasteiger partial charge in [0.25, 0.3) is 0 Å². The fourth-order valence-electron chi connectivity index (χ4n) is 1.58. The summed E-state index contributed by atoms with van der Waals surface area (Å²) in [5.41, 5.74) is 3.66. The van der Waals surface area contributed by atoms with Crippen molar-refractivity contribution in [1.29, 1.82) is 0 Å². The standard InChI is InChI=1S/C11H18N2/c1-5-12-10(4)11-9(3)6-8(2)7-13-11/h6-7,10,12H,5H2,1-4H3. The number of aromatic nitrogens is 1. The molecule has 2 heteroatoms. The molecule has 1 aromatic heterocycles. The van der Waals surface area contributed by atoms with Crippen molar-refractivity contribution in [3.8, 4) is 0 Å². The van der Waals surface area contributed by atoms with Crippen molar-refractivity contribution in [2.24, 2.45) is 0 Å². The van der Waals surface area contributed by atoms with Gasteiger partial charge in [0.15, 0.2) is 0 Å². The molecule has 0 amide bonds. The summed E-state index contributed by atoms with van der Waals surface area (Å²) in [5, 5.41) is 3.36. The predicted octanol–water partition coefficient (Wildman–Crippen LogP) is 2.37. The van der Waals surface area contributed by atoms with E-state index in [0.29, 0.717) is 6.04 Å². The Balaban J connectivity index is 2.88. The Morgan fingerprint density at radius 1 is 1.46 bits per heavy atom. The first-order valence-corrected chi connectivity index (χ1v) is 4.81. The molecular weight excluding hydrogens is 160 g/mol.